The third-order valence-corrected chi connectivity index (χ3v) is 3.11. The van der Waals surface area contributed by atoms with Gasteiger partial charge in [0.25, 0.3) is 11.7 Å². The van der Waals surface area contributed by atoms with Crippen molar-refractivity contribution in [2.75, 3.05) is 18.6 Å². The second kappa shape index (κ2) is 4.80. The number of carbonyl (C=O) groups is 2. The number of nitrogens with zero attached hydrogens (tertiary/aromatic N) is 1. The van der Waals surface area contributed by atoms with Gasteiger partial charge in [0.2, 0.25) is 0 Å². The summed E-state index contributed by atoms with van der Waals surface area (Å²) in [5.74, 6) is 0.224. The van der Waals surface area contributed by atoms with E-state index in [1.54, 1.807) is 30.2 Å². The van der Waals surface area contributed by atoms with Crippen molar-refractivity contribution in [2.24, 2.45) is 5.92 Å². The molecule has 0 fully saturated rings. The zero-order chi connectivity index (χ0) is 13.3. The van der Waals surface area contributed by atoms with Crippen LogP contribution >= 0.6 is 0 Å². The predicted octanol–water partition coefficient (Wildman–Crippen LogP) is 2.27. The molecule has 0 bridgehead atoms. The van der Waals surface area contributed by atoms with Gasteiger partial charge >= 0.3 is 0 Å². The van der Waals surface area contributed by atoms with Gasteiger partial charge in [0.15, 0.2) is 0 Å². The topological polar surface area (TPSA) is 46.6 Å². The minimum atomic E-state index is -0.437. The van der Waals surface area contributed by atoms with Crippen LogP contribution in [0.15, 0.2) is 18.2 Å². The number of hydrogen-bond acceptors (Lipinski definition) is 3. The third kappa shape index (κ3) is 2.10. The maximum atomic E-state index is 11.9. The second-order valence-electron chi connectivity index (χ2n) is 4.85. The minimum Gasteiger partial charge on any atom is -0.497 e. The van der Waals surface area contributed by atoms with E-state index in [4.69, 9.17) is 4.74 Å². The van der Waals surface area contributed by atoms with E-state index in [0.29, 0.717) is 29.5 Å². The van der Waals surface area contributed by atoms with Crippen molar-refractivity contribution in [1.82, 2.24) is 0 Å². The van der Waals surface area contributed by atoms with E-state index in [1.807, 2.05) is 0 Å². The van der Waals surface area contributed by atoms with Crippen LogP contribution in [0.3, 0.4) is 0 Å². The number of hydrogen-bond donors (Lipinski definition) is 0. The van der Waals surface area contributed by atoms with Gasteiger partial charge in [0.1, 0.15) is 5.75 Å². The van der Waals surface area contributed by atoms with Gasteiger partial charge in [-0.3, -0.25) is 9.59 Å². The van der Waals surface area contributed by atoms with Crippen LogP contribution in [0.2, 0.25) is 0 Å². The number of ether oxygens (including phenoxy) is 1. The summed E-state index contributed by atoms with van der Waals surface area (Å²) in [6, 6.07) is 5.18. The average molecular weight is 247 g/mol. The summed E-state index contributed by atoms with van der Waals surface area (Å²) in [4.78, 5) is 25.3. The predicted molar refractivity (Wildman–Crippen MR) is 69.1 cm³/mol. The van der Waals surface area contributed by atoms with Gasteiger partial charge in [-0.2, -0.15) is 0 Å². The number of Topliss-reactive ketones (excluding diaryl/α,β-unsaturated/α-hetero) is 1. The number of ketones is 1. The van der Waals surface area contributed by atoms with E-state index in [0.717, 1.165) is 6.42 Å². The van der Waals surface area contributed by atoms with Gasteiger partial charge < -0.3 is 9.64 Å². The molecule has 4 nitrogen and oxygen atoms in total. The molecule has 1 heterocycles. The average Bonchev–Trinajstić information content (AvgIpc) is 2.59. The third-order valence-electron chi connectivity index (χ3n) is 3.11. The Labute approximate surface area is 107 Å². The number of methoxy groups -OCH3 is 1. The molecule has 18 heavy (non-hydrogen) atoms. The first-order valence-electron chi connectivity index (χ1n) is 6.09. The van der Waals surface area contributed by atoms with Crippen LogP contribution in [0.5, 0.6) is 5.75 Å². The fourth-order valence-electron chi connectivity index (χ4n) is 2.02. The van der Waals surface area contributed by atoms with Crippen LogP contribution in [0.25, 0.3) is 0 Å². The summed E-state index contributed by atoms with van der Waals surface area (Å²) in [5, 5.41) is 0. The maximum Gasteiger partial charge on any atom is 0.299 e. The number of amides is 1. The largest absolute Gasteiger partial charge is 0.497 e. The number of rotatable bonds is 4. The van der Waals surface area contributed by atoms with Gasteiger partial charge in [-0.05, 0) is 30.5 Å². The Kier molecular flexibility index (Phi) is 3.36. The van der Waals surface area contributed by atoms with E-state index < -0.39 is 11.7 Å². The molecule has 0 atom stereocenters. The molecule has 0 unspecified atom stereocenters. The van der Waals surface area contributed by atoms with Crippen molar-refractivity contribution in [2.45, 2.75) is 20.3 Å². The SMILES string of the molecule is COc1ccc2c(c1)C(=O)C(=O)N2CCC(C)C. The van der Waals surface area contributed by atoms with Crippen LogP contribution in [-0.2, 0) is 4.79 Å². The quantitative estimate of drug-likeness (QED) is 0.767. The molecule has 1 amide bonds. The highest BCUT2D eigenvalue weighted by molar-refractivity contribution is 6.52. The van der Waals surface area contributed by atoms with Gasteiger partial charge in [0, 0.05) is 6.54 Å². The Morgan fingerprint density at radius 1 is 1.28 bits per heavy atom. The summed E-state index contributed by atoms with van der Waals surface area (Å²) in [5.41, 5.74) is 1.15. The number of carbonyl (C=O) groups excluding carboxylic acids is 2. The molecule has 1 aliphatic rings. The lowest BCUT2D eigenvalue weighted by molar-refractivity contribution is -0.114. The fraction of sp³-hybridized carbons (Fsp3) is 0.429. The molecule has 1 aliphatic heterocycles. The monoisotopic (exact) mass is 247 g/mol. The Hall–Kier alpha value is -1.84. The van der Waals surface area contributed by atoms with Gasteiger partial charge in [-0.1, -0.05) is 13.8 Å². The lowest BCUT2D eigenvalue weighted by Gasteiger charge is -2.17. The molecule has 2 rings (SSSR count). The Morgan fingerprint density at radius 2 is 2.00 bits per heavy atom. The molecule has 96 valence electrons. The summed E-state index contributed by atoms with van der Waals surface area (Å²) in [6.07, 6.45) is 0.879. The Morgan fingerprint density at radius 3 is 2.61 bits per heavy atom. The molecule has 1 aromatic carbocycles. The van der Waals surface area contributed by atoms with E-state index in [9.17, 15) is 9.59 Å². The molecule has 0 spiro atoms. The molecule has 1 aromatic rings. The van der Waals surface area contributed by atoms with Crippen LogP contribution in [0, 0.1) is 5.92 Å². The van der Waals surface area contributed by atoms with Crippen LogP contribution in [-0.4, -0.2) is 25.3 Å². The van der Waals surface area contributed by atoms with E-state index in [1.165, 1.54) is 0 Å². The van der Waals surface area contributed by atoms with Gasteiger partial charge in [0.05, 0.1) is 18.4 Å². The summed E-state index contributed by atoms with van der Waals surface area (Å²) in [7, 11) is 1.54. The van der Waals surface area contributed by atoms with Crippen molar-refractivity contribution in [3.8, 4) is 5.75 Å². The lowest BCUT2D eigenvalue weighted by Crippen LogP contribution is -2.31. The highest BCUT2D eigenvalue weighted by Crippen LogP contribution is 2.32. The standard InChI is InChI=1S/C14H17NO3/c1-9(2)6-7-15-12-5-4-10(18-3)8-11(12)13(16)14(15)17/h4-5,8-9H,6-7H2,1-3H3. The number of anilines is 1. The first-order valence-corrected chi connectivity index (χ1v) is 6.09. The fourth-order valence-corrected chi connectivity index (χ4v) is 2.02. The Bertz CT molecular complexity index is 494. The molecule has 0 saturated heterocycles. The molecule has 0 aromatic heterocycles. The molecule has 0 saturated carbocycles. The summed E-state index contributed by atoms with van der Waals surface area (Å²) in [6.45, 7) is 4.77. The molecule has 4 heteroatoms. The smallest absolute Gasteiger partial charge is 0.299 e. The highest BCUT2D eigenvalue weighted by atomic mass is 16.5. The molecule has 0 N–H and O–H groups in total. The zero-order valence-corrected chi connectivity index (χ0v) is 10.9. The first kappa shape index (κ1) is 12.6. The second-order valence-corrected chi connectivity index (χ2v) is 4.85. The molecule has 0 aliphatic carbocycles. The van der Waals surface area contributed by atoms with E-state index in [2.05, 4.69) is 13.8 Å². The van der Waals surface area contributed by atoms with Crippen molar-refractivity contribution < 1.29 is 14.3 Å². The normalized spacial score (nSPS) is 14.3. The molecular weight excluding hydrogens is 230 g/mol. The van der Waals surface area contributed by atoms with Crippen molar-refractivity contribution in [3.63, 3.8) is 0 Å². The molecule has 0 radical (unpaired) electrons. The summed E-state index contributed by atoms with van der Waals surface area (Å²) < 4.78 is 5.07. The highest BCUT2D eigenvalue weighted by Gasteiger charge is 2.35. The van der Waals surface area contributed by atoms with Crippen LogP contribution < -0.4 is 9.64 Å². The maximum absolute atomic E-state index is 11.9. The first-order chi connectivity index (χ1) is 8.54. The van der Waals surface area contributed by atoms with Crippen molar-refractivity contribution in [1.29, 1.82) is 0 Å². The van der Waals surface area contributed by atoms with Crippen molar-refractivity contribution in [3.05, 3.63) is 23.8 Å². The summed E-state index contributed by atoms with van der Waals surface area (Å²) >= 11 is 0. The lowest BCUT2D eigenvalue weighted by atomic mass is 10.1. The van der Waals surface area contributed by atoms with Crippen LogP contribution in [0.1, 0.15) is 30.6 Å². The van der Waals surface area contributed by atoms with E-state index >= 15 is 0 Å². The van der Waals surface area contributed by atoms with Crippen LogP contribution in [0.4, 0.5) is 5.69 Å². The van der Waals surface area contributed by atoms with Gasteiger partial charge in [-0.25, -0.2) is 0 Å². The Balaban J connectivity index is 2.31. The number of benzene rings is 1. The number of fused-ring (bicyclic) bond motifs is 1. The van der Waals surface area contributed by atoms with Gasteiger partial charge in [-0.15, -0.1) is 0 Å². The molecular formula is C14H17NO3. The minimum absolute atomic E-state index is 0.432. The zero-order valence-electron chi connectivity index (χ0n) is 10.9. The van der Waals surface area contributed by atoms with Crippen molar-refractivity contribution >= 4 is 17.4 Å². The van der Waals surface area contributed by atoms with E-state index in [-0.39, 0.29) is 0 Å².